The molecule has 2 atom stereocenters. The van der Waals surface area contributed by atoms with Gasteiger partial charge in [0.2, 0.25) is 0 Å². The largest absolute Gasteiger partial charge is 0.462 e. The quantitative estimate of drug-likeness (QED) is 0.0348. The Bertz CT molecular complexity index is 828. The maximum atomic E-state index is 12.7. The lowest BCUT2D eigenvalue weighted by molar-refractivity contribution is -0.167. The summed E-state index contributed by atoms with van der Waals surface area (Å²) in [6.07, 6.45) is 43.8. The Morgan fingerprint density at radius 2 is 0.636 bits per heavy atom. The molecule has 0 spiro atoms. The van der Waals surface area contributed by atoms with Crippen LogP contribution in [0.3, 0.4) is 0 Å². The van der Waals surface area contributed by atoms with E-state index in [1.54, 1.807) is 0 Å². The maximum absolute atomic E-state index is 12.7. The first-order valence-corrected chi connectivity index (χ1v) is 24.4. The van der Waals surface area contributed by atoms with Gasteiger partial charge in [0, 0.05) is 19.3 Å². The third-order valence-electron chi connectivity index (χ3n) is 11.4. The highest BCUT2D eigenvalue weighted by Crippen LogP contribution is 2.17. The molecular weight excluding hydrogens is 685 g/mol. The SMILES string of the molecule is CCCCCCCCCCCCCCC(=O)O[C@@H](COC(=O)CCCCCCCCC)COC(=O)CCCCCCCCCCCCCCCCC(C)CC. The molecule has 0 aliphatic carbocycles. The van der Waals surface area contributed by atoms with Crippen molar-refractivity contribution in [3.8, 4) is 0 Å². The third-order valence-corrected chi connectivity index (χ3v) is 11.4. The third kappa shape index (κ3) is 41.9. The summed E-state index contributed by atoms with van der Waals surface area (Å²) in [5, 5.41) is 0. The summed E-state index contributed by atoms with van der Waals surface area (Å²) in [5.41, 5.74) is 0. The predicted molar refractivity (Wildman–Crippen MR) is 233 cm³/mol. The minimum absolute atomic E-state index is 0.0635. The van der Waals surface area contributed by atoms with E-state index in [9.17, 15) is 14.4 Å². The molecule has 0 bridgehead atoms. The van der Waals surface area contributed by atoms with Gasteiger partial charge in [-0.15, -0.1) is 0 Å². The Kier molecular flexibility index (Phi) is 42.3. The van der Waals surface area contributed by atoms with Gasteiger partial charge in [-0.1, -0.05) is 233 Å². The average Bonchev–Trinajstić information content (AvgIpc) is 3.18. The predicted octanol–water partition coefficient (Wildman–Crippen LogP) is 15.5. The highest BCUT2D eigenvalue weighted by atomic mass is 16.6. The molecule has 0 aromatic heterocycles. The van der Waals surface area contributed by atoms with Gasteiger partial charge in [-0.05, 0) is 25.2 Å². The smallest absolute Gasteiger partial charge is 0.306 e. The van der Waals surface area contributed by atoms with Crippen molar-refractivity contribution in [3.63, 3.8) is 0 Å². The lowest BCUT2D eigenvalue weighted by atomic mass is 9.99. The molecule has 0 aliphatic rings. The second-order valence-corrected chi connectivity index (χ2v) is 17.0. The van der Waals surface area contributed by atoms with Crippen molar-refractivity contribution in [2.24, 2.45) is 5.92 Å². The summed E-state index contributed by atoms with van der Waals surface area (Å²) < 4.78 is 16.7. The first kappa shape index (κ1) is 53.4. The molecule has 0 N–H and O–H groups in total. The standard InChI is InChI=1S/C49H94O6/c1-5-8-10-12-14-15-16-22-26-30-34-38-42-49(52)55-46(43-53-47(50)40-36-32-27-13-11-9-6-2)44-54-48(51)41-37-33-29-25-23-20-18-17-19-21-24-28-31-35-39-45(4)7-3/h45-46H,5-44H2,1-4H3/t45?,46-/m0/s1. The Hall–Kier alpha value is -1.59. The molecule has 0 aliphatic heterocycles. The fourth-order valence-corrected chi connectivity index (χ4v) is 7.30. The van der Waals surface area contributed by atoms with Crippen LogP contribution in [0, 0.1) is 5.92 Å². The zero-order valence-corrected chi connectivity index (χ0v) is 37.4. The van der Waals surface area contributed by atoms with Gasteiger partial charge >= 0.3 is 17.9 Å². The minimum atomic E-state index is -0.758. The van der Waals surface area contributed by atoms with Crippen molar-refractivity contribution in [1.29, 1.82) is 0 Å². The number of unbranched alkanes of at least 4 members (excludes halogenated alkanes) is 30. The number of esters is 3. The molecule has 55 heavy (non-hydrogen) atoms. The Morgan fingerprint density at radius 3 is 0.945 bits per heavy atom. The molecule has 326 valence electrons. The van der Waals surface area contributed by atoms with Crippen molar-refractivity contribution >= 4 is 17.9 Å². The zero-order chi connectivity index (χ0) is 40.3. The van der Waals surface area contributed by atoms with Gasteiger partial charge in [-0.2, -0.15) is 0 Å². The summed E-state index contributed by atoms with van der Waals surface area (Å²) in [6.45, 7) is 9.01. The first-order valence-electron chi connectivity index (χ1n) is 24.4. The Morgan fingerprint density at radius 1 is 0.364 bits per heavy atom. The number of hydrogen-bond acceptors (Lipinski definition) is 6. The van der Waals surface area contributed by atoms with Crippen LogP contribution < -0.4 is 0 Å². The summed E-state index contributed by atoms with van der Waals surface area (Å²) in [6, 6.07) is 0. The van der Waals surface area contributed by atoms with Crippen molar-refractivity contribution in [1.82, 2.24) is 0 Å². The second-order valence-electron chi connectivity index (χ2n) is 17.0. The van der Waals surface area contributed by atoms with Gasteiger partial charge in [-0.25, -0.2) is 0 Å². The molecule has 0 fully saturated rings. The Balaban J connectivity index is 4.19. The molecule has 0 saturated heterocycles. The van der Waals surface area contributed by atoms with Crippen molar-refractivity contribution < 1.29 is 28.6 Å². The number of carbonyl (C=O) groups is 3. The van der Waals surface area contributed by atoms with E-state index >= 15 is 0 Å². The maximum Gasteiger partial charge on any atom is 0.306 e. The van der Waals surface area contributed by atoms with Gasteiger partial charge in [0.25, 0.3) is 0 Å². The van der Waals surface area contributed by atoms with E-state index in [1.807, 2.05) is 0 Å². The molecule has 0 aromatic rings. The van der Waals surface area contributed by atoms with E-state index in [2.05, 4.69) is 27.7 Å². The van der Waals surface area contributed by atoms with Crippen molar-refractivity contribution in [2.75, 3.05) is 13.2 Å². The molecule has 0 amide bonds. The van der Waals surface area contributed by atoms with Crippen LogP contribution in [0.15, 0.2) is 0 Å². The second kappa shape index (κ2) is 43.5. The molecule has 0 rings (SSSR count). The van der Waals surface area contributed by atoms with Crippen LogP contribution in [0.1, 0.15) is 272 Å². The van der Waals surface area contributed by atoms with Crippen LogP contribution in [-0.2, 0) is 28.6 Å². The normalized spacial score (nSPS) is 12.4. The minimum Gasteiger partial charge on any atom is -0.462 e. The monoisotopic (exact) mass is 779 g/mol. The van der Waals surface area contributed by atoms with E-state index in [-0.39, 0.29) is 31.1 Å². The molecule has 0 heterocycles. The van der Waals surface area contributed by atoms with Crippen LogP contribution >= 0.6 is 0 Å². The zero-order valence-electron chi connectivity index (χ0n) is 37.4. The van der Waals surface area contributed by atoms with Gasteiger partial charge < -0.3 is 14.2 Å². The molecule has 0 aromatic carbocycles. The van der Waals surface area contributed by atoms with Crippen LogP contribution in [0.4, 0.5) is 0 Å². The van der Waals surface area contributed by atoms with Gasteiger partial charge in [-0.3, -0.25) is 14.4 Å². The summed E-state index contributed by atoms with van der Waals surface area (Å²) in [7, 11) is 0. The fraction of sp³-hybridized carbons (Fsp3) is 0.939. The van der Waals surface area contributed by atoms with Crippen LogP contribution in [-0.4, -0.2) is 37.2 Å². The van der Waals surface area contributed by atoms with Gasteiger partial charge in [0.15, 0.2) is 6.10 Å². The van der Waals surface area contributed by atoms with Crippen LogP contribution in [0.2, 0.25) is 0 Å². The molecular formula is C49H94O6. The van der Waals surface area contributed by atoms with E-state index < -0.39 is 6.10 Å². The van der Waals surface area contributed by atoms with Crippen molar-refractivity contribution in [3.05, 3.63) is 0 Å². The molecule has 0 saturated carbocycles. The molecule has 6 nitrogen and oxygen atoms in total. The van der Waals surface area contributed by atoms with E-state index in [4.69, 9.17) is 14.2 Å². The van der Waals surface area contributed by atoms with Gasteiger partial charge in [0.1, 0.15) is 13.2 Å². The number of ether oxygens (including phenoxy) is 3. The summed E-state index contributed by atoms with van der Waals surface area (Å²) >= 11 is 0. The van der Waals surface area contributed by atoms with E-state index in [0.29, 0.717) is 19.3 Å². The summed E-state index contributed by atoms with van der Waals surface area (Å²) in [4.78, 5) is 37.7. The van der Waals surface area contributed by atoms with Crippen LogP contribution in [0.5, 0.6) is 0 Å². The molecule has 0 radical (unpaired) electrons. The number of carbonyl (C=O) groups excluding carboxylic acids is 3. The van der Waals surface area contributed by atoms with Crippen molar-refractivity contribution in [2.45, 2.75) is 278 Å². The highest BCUT2D eigenvalue weighted by Gasteiger charge is 2.19. The van der Waals surface area contributed by atoms with Gasteiger partial charge in [0.05, 0.1) is 0 Å². The average molecular weight is 779 g/mol. The lowest BCUT2D eigenvalue weighted by Crippen LogP contribution is -2.30. The van der Waals surface area contributed by atoms with E-state index in [1.165, 1.54) is 167 Å². The van der Waals surface area contributed by atoms with Crippen LogP contribution in [0.25, 0.3) is 0 Å². The van der Waals surface area contributed by atoms with E-state index in [0.717, 1.165) is 63.7 Å². The lowest BCUT2D eigenvalue weighted by Gasteiger charge is -2.18. The summed E-state index contributed by atoms with van der Waals surface area (Å²) in [5.74, 6) is 0.0401. The highest BCUT2D eigenvalue weighted by molar-refractivity contribution is 5.71. The molecule has 1 unspecified atom stereocenters. The fourth-order valence-electron chi connectivity index (χ4n) is 7.30. The first-order chi connectivity index (χ1) is 26.9. The Labute approximate surface area is 342 Å². The number of rotatable bonds is 44. The molecule has 6 heteroatoms. The topological polar surface area (TPSA) is 78.9 Å². The number of hydrogen-bond donors (Lipinski definition) is 0.